The normalized spacial score (nSPS) is 17.5. The molecule has 120 valence electrons. The van der Waals surface area contributed by atoms with Crippen LogP contribution in [-0.2, 0) is 6.54 Å². The zero-order chi connectivity index (χ0) is 16.3. The SMILES string of the molecule is CCC(Br)C1=NC(C(F)(F)F)=C(Br)CN1Cc1ccccc1. The Morgan fingerprint density at radius 1 is 1.27 bits per heavy atom. The van der Waals surface area contributed by atoms with E-state index in [4.69, 9.17) is 0 Å². The summed E-state index contributed by atoms with van der Waals surface area (Å²) in [7, 11) is 0. The average Bonchev–Trinajstić information content (AvgIpc) is 2.46. The molecule has 0 saturated carbocycles. The number of alkyl halides is 4. The van der Waals surface area contributed by atoms with Crippen LogP contribution in [0.25, 0.3) is 0 Å². The highest BCUT2D eigenvalue weighted by molar-refractivity contribution is 9.11. The molecule has 0 spiro atoms. The van der Waals surface area contributed by atoms with Crippen molar-refractivity contribution in [1.29, 1.82) is 0 Å². The predicted octanol–water partition coefficient (Wildman–Crippen LogP) is 5.24. The lowest BCUT2D eigenvalue weighted by Gasteiger charge is -2.33. The molecule has 22 heavy (non-hydrogen) atoms. The second kappa shape index (κ2) is 7.17. The standard InChI is InChI=1S/C15H15Br2F3N2/c1-2-11(16)14-21-13(15(18,19)20)12(17)9-22(14)8-10-6-4-3-5-7-10/h3-7,11H,2,8-9H2,1H3. The van der Waals surface area contributed by atoms with E-state index in [1.54, 1.807) is 0 Å². The van der Waals surface area contributed by atoms with Crippen LogP contribution < -0.4 is 0 Å². The van der Waals surface area contributed by atoms with Gasteiger partial charge in [0.1, 0.15) is 5.84 Å². The molecule has 0 saturated heterocycles. The topological polar surface area (TPSA) is 15.6 Å². The first-order chi connectivity index (χ1) is 10.3. The molecule has 2 rings (SSSR count). The minimum atomic E-state index is -4.45. The van der Waals surface area contributed by atoms with Gasteiger partial charge in [-0.05, 0) is 12.0 Å². The van der Waals surface area contributed by atoms with Gasteiger partial charge in [0.25, 0.3) is 0 Å². The molecule has 0 bridgehead atoms. The first kappa shape index (κ1) is 17.5. The van der Waals surface area contributed by atoms with Crippen molar-refractivity contribution in [3.63, 3.8) is 0 Å². The van der Waals surface area contributed by atoms with Crippen LogP contribution in [0.3, 0.4) is 0 Å². The average molecular weight is 440 g/mol. The van der Waals surface area contributed by atoms with Crippen molar-refractivity contribution in [3.05, 3.63) is 46.1 Å². The fourth-order valence-corrected chi connectivity index (χ4v) is 3.19. The summed E-state index contributed by atoms with van der Waals surface area (Å²) in [5.41, 5.74) is 0.187. The Hall–Kier alpha value is -0.820. The van der Waals surface area contributed by atoms with E-state index in [1.807, 2.05) is 42.2 Å². The van der Waals surface area contributed by atoms with Crippen LogP contribution in [0.2, 0.25) is 0 Å². The summed E-state index contributed by atoms with van der Waals surface area (Å²) in [5, 5.41) is 0. The Morgan fingerprint density at radius 3 is 2.45 bits per heavy atom. The summed E-state index contributed by atoms with van der Waals surface area (Å²) in [6.45, 7) is 2.58. The van der Waals surface area contributed by atoms with Gasteiger partial charge in [-0.3, -0.25) is 0 Å². The Bertz CT molecular complexity index is 582. The zero-order valence-electron chi connectivity index (χ0n) is 11.9. The third kappa shape index (κ3) is 4.13. The highest BCUT2D eigenvalue weighted by Gasteiger charge is 2.40. The lowest BCUT2D eigenvalue weighted by Crippen LogP contribution is -2.40. The minimum absolute atomic E-state index is 0.0653. The Morgan fingerprint density at radius 2 is 1.91 bits per heavy atom. The number of nitrogens with zero attached hydrogens (tertiary/aromatic N) is 2. The highest BCUT2D eigenvalue weighted by atomic mass is 79.9. The maximum absolute atomic E-state index is 13.1. The smallest absolute Gasteiger partial charge is 0.350 e. The van der Waals surface area contributed by atoms with E-state index >= 15 is 0 Å². The van der Waals surface area contributed by atoms with Gasteiger partial charge in [0.05, 0.1) is 11.4 Å². The minimum Gasteiger partial charge on any atom is -0.350 e. The van der Waals surface area contributed by atoms with Crippen molar-refractivity contribution in [3.8, 4) is 0 Å². The number of aliphatic imine (C=N–C) groups is 1. The number of rotatable bonds is 4. The second-order valence-corrected chi connectivity index (χ2v) is 7.00. The van der Waals surface area contributed by atoms with Gasteiger partial charge in [-0.1, -0.05) is 69.1 Å². The number of allylic oxidation sites excluding steroid dienone is 1. The summed E-state index contributed by atoms with van der Waals surface area (Å²) in [5.74, 6) is 0.418. The summed E-state index contributed by atoms with van der Waals surface area (Å²) < 4.78 is 39.2. The third-order valence-electron chi connectivity index (χ3n) is 3.26. The van der Waals surface area contributed by atoms with E-state index in [9.17, 15) is 13.2 Å². The summed E-state index contributed by atoms with van der Waals surface area (Å²) in [4.78, 5) is 5.53. The Balaban J connectivity index is 2.33. The lowest BCUT2D eigenvalue weighted by atomic mass is 10.1. The number of amidine groups is 1. The second-order valence-electron chi connectivity index (χ2n) is 4.94. The summed E-state index contributed by atoms with van der Waals surface area (Å²) >= 11 is 6.47. The van der Waals surface area contributed by atoms with E-state index in [-0.39, 0.29) is 15.9 Å². The lowest BCUT2D eigenvalue weighted by molar-refractivity contribution is -0.0933. The first-order valence-electron chi connectivity index (χ1n) is 6.80. The monoisotopic (exact) mass is 438 g/mol. The van der Waals surface area contributed by atoms with Crippen LogP contribution in [0.5, 0.6) is 0 Å². The summed E-state index contributed by atoms with van der Waals surface area (Å²) in [6.07, 6.45) is -3.80. The van der Waals surface area contributed by atoms with Gasteiger partial charge >= 0.3 is 6.18 Å². The van der Waals surface area contributed by atoms with Gasteiger partial charge in [0, 0.05) is 11.0 Å². The van der Waals surface area contributed by atoms with Crippen molar-refractivity contribution in [2.24, 2.45) is 4.99 Å². The molecule has 0 aliphatic carbocycles. The van der Waals surface area contributed by atoms with Crippen LogP contribution >= 0.6 is 31.9 Å². The van der Waals surface area contributed by atoms with Gasteiger partial charge in [-0.15, -0.1) is 0 Å². The van der Waals surface area contributed by atoms with Gasteiger partial charge in [-0.2, -0.15) is 13.2 Å². The zero-order valence-corrected chi connectivity index (χ0v) is 15.0. The van der Waals surface area contributed by atoms with Gasteiger partial charge in [0.2, 0.25) is 0 Å². The molecule has 0 radical (unpaired) electrons. The van der Waals surface area contributed by atoms with Gasteiger partial charge < -0.3 is 4.90 Å². The molecule has 0 aromatic heterocycles. The number of benzene rings is 1. The number of hydrogen-bond acceptors (Lipinski definition) is 2. The van der Waals surface area contributed by atoms with Crippen LogP contribution in [0.4, 0.5) is 13.2 Å². The molecular weight excluding hydrogens is 425 g/mol. The number of hydrogen-bond donors (Lipinski definition) is 0. The van der Waals surface area contributed by atoms with E-state index in [2.05, 4.69) is 36.9 Å². The van der Waals surface area contributed by atoms with Crippen molar-refractivity contribution in [1.82, 2.24) is 4.90 Å². The highest BCUT2D eigenvalue weighted by Crippen LogP contribution is 2.36. The largest absolute Gasteiger partial charge is 0.434 e. The van der Waals surface area contributed by atoms with Crippen LogP contribution in [-0.4, -0.2) is 28.3 Å². The molecule has 0 N–H and O–H groups in total. The molecule has 1 aromatic carbocycles. The third-order valence-corrected chi connectivity index (χ3v) is 4.94. The maximum Gasteiger partial charge on any atom is 0.434 e. The quantitative estimate of drug-likeness (QED) is 0.585. The molecule has 1 aromatic rings. The molecule has 1 unspecified atom stereocenters. The van der Waals surface area contributed by atoms with Crippen molar-refractivity contribution < 1.29 is 13.2 Å². The van der Waals surface area contributed by atoms with Crippen molar-refractivity contribution >= 4 is 37.7 Å². The Kier molecular flexibility index (Phi) is 5.71. The molecule has 1 atom stereocenters. The fraction of sp³-hybridized carbons (Fsp3) is 0.400. The molecule has 7 heteroatoms. The molecule has 1 aliphatic heterocycles. The van der Waals surface area contributed by atoms with Crippen molar-refractivity contribution in [2.45, 2.75) is 30.9 Å². The molecule has 1 heterocycles. The van der Waals surface area contributed by atoms with E-state index in [0.29, 0.717) is 18.8 Å². The fourth-order valence-electron chi connectivity index (χ4n) is 2.18. The number of halogens is 5. The molecular formula is C15H15Br2F3N2. The molecule has 0 fully saturated rings. The van der Waals surface area contributed by atoms with Crippen LogP contribution in [0.15, 0.2) is 45.5 Å². The molecule has 0 amide bonds. The Labute approximate surface area is 144 Å². The van der Waals surface area contributed by atoms with E-state index in [1.165, 1.54) is 0 Å². The molecule has 2 nitrogen and oxygen atoms in total. The van der Waals surface area contributed by atoms with Crippen molar-refractivity contribution in [2.75, 3.05) is 6.54 Å². The predicted molar refractivity (Wildman–Crippen MR) is 89.3 cm³/mol. The van der Waals surface area contributed by atoms with Crippen LogP contribution in [0, 0.1) is 0 Å². The maximum atomic E-state index is 13.1. The molecule has 1 aliphatic rings. The van der Waals surface area contributed by atoms with Gasteiger partial charge in [0.15, 0.2) is 5.70 Å². The van der Waals surface area contributed by atoms with Crippen LogP contribution in [0.1, 0.15) is 18.9 Å². The first-order valence-corrected chi connectivity index (χ1v) is 8.51. The van der Waals surface area contributed by atoms with Gasteiger partial charge in [-0.25, -0.2) is 4.99 Å². The van der Waals surface area contributed by atoms with E-state index < -0.39 is 11.9 Å². The van der Waals surface area contributed by atoms with E-state index in [0.717, 1.165) is 5.56 Å². The summed E-state index contributed by atoms with van der Waals surface area (Å²) in [6, 6.07) is 9.63.